The first-order chi connectivity index (χ1) is 14.2. The number of hydrogen-bond donors (Lipinski definition) is 2. The van der Waals surface area contributed by atoms with E-state index in [1.54, 1.807) is 49.1 Å². The molecule has 29 heavy (non-hydrogen) atoms. The number of pyridine rings is 1. The number of fused-ring (bicyclic) bond motifs is 2. The van der Waals surface area contributed by atoms with Crippen LogP contribution in [-0.2, 0) is 0 Å². The van der Waals surface area contributed by atoms with Crippen molar-refractivity contribution in [1.82, 2.24) is 15.2 Å². The van der Waals surface area contributed by atoms with Gasteiger partial charge in [0.25, 0.3) is 5.91 Å². The fourth-order valence-electron chi connectivity index (χ4n) is 3.36. The Kier molecular flexibility index (Phi) is 3.82. The average Bonchev–Trinajstić information content (AvgIpc) is 3.42. The molecule has 0 saturated heterocycles. The molecule has 0 atom stereocenters. The summed E-state index contributed by atoms with van der Waals surface area (Å²) < 4.78 is 5.15. The van der Waals surface area contributed by atoms with Crippen LogP contribution in [0.25, 0.3) is 33.1 Å². The lowest BCUT2D eigenvalue weighted by molar-refractivity contribution is 0.102. The molecule has 0 saturated carbocycles. The van der Waals surface area contributed by atoms with Crippen molar-refractivity contribution in [3.63, 3.8) is 0 Å². The van der Waals surface area contributed by atoms with Crippen LogP contribution in [0, 0.1) is 11.3 Å². The fraction of sp³-hybridized carbons (Fsp3) is 0. The third kappa shape index (κ3) is 2.80. The molecule has 7 nitrogen and oxygen atoms in total. The largest absolute Gasteiger partial charge is 0.472 e. The molecule has 0 unspecified atom stereocenters. The molecule has 3 aromatic heterocycles. The zero-order valence-electron chi connectivity index (χ0n) is 15.0. The van der Waals surface area contributed by atoms with Gasteiger partial charge in [0.2, 0.25) is 0 Å². The summed E-state index contributed by atoms with van der Waals surface area (Å²) in [7, 11) is 0. The van der Waals surface area contributed by atoms with Gasteiger partial charge in [-0.3, -0.25) is 14.9 Å². The number of anilines is 1. The Hall–Kier alpha value is -4.44. The molecule has 2 aromatic carbocycles. The molecule has 0 spiro atoms. The summed E-state index contributed by atoms with van der Waals surface area (Å²) in [5, 5.41) is 21.0. The van der Waals surface area contributed by atoms with Gasteiger partial charge in [-0.15, -0.1) is 0 Å². The maximum Gasteiger partial charge on any atom is 0.257 e. The summed E-state index contributed by atoms with van der Waals surface area (Å²) in [4.78, 5) is 17.2. The number of hydrogen-bond acceptors (Lipinski definition) is 5. The number of H-pyrrole nitrogens is 1. The highest BCUT2D eigenvalue weighted by Crippen LogP contribution is 2.29. The van der Waals surface area contributed by atoms with Gasteiger partial charge < -0.3 is 9.73 Å². The Morgan fingerprint density at radius 1 is 1.14 bits per heavy atom. The topological polar surface area (TPSA) is 108 Å². The van der Waals surface area contributed by atoms with Crippen LogP contribution in [-0.4, -0.2) is 21.1 Å². The summed E-state index contributed by atoms with van der Waals surface area (Å²) in [5.41, 5.74) is 4.45. The second kappa shape index (κ2) is 6.62. The molecule has 5 rings (SSSR count). The number of rotatable bonds is 3. The third-order valence-electron chi connectivity index (χ3n) is 4.75. The highest BCUT2D eigenvalue weighted by molar-refractivity contribution is 6.13. The lowest BCUT2D eigenvalue weighted by atomic mass is 10.0. The minimum atomic E-state index is -0.300. The van der Waals surface area contributed by atoms with Crippen molar-refractivity contribution in [2.24, 2.45) is 0 Å². The Bertz CT molecular complexity index is 1410. The first kappa shape index (κ1) is 16.7. The highest BCUT2D eigenvalue weighted by Gasteiger charge is 2.15. The fourth-order valence-corrected chi connectivity index (χ4v) is 3.36. The maximum absolute atomic E-state index is 12.9. The van der Waals surface area contributed by atoms with Crippen molar-refractivity contribution in [3.05, 3.63) is 78.4 Å². The third-order valence-corrected chi connectivity index (χ3v) is 4.75. The molecule has 0 aliphatic heterocycles. The van der Waals surface area contributed by atoms with E-state index in [9.17, 15) is 10.1 Å². The minimum absolute atomic E-state index is 0.300. The minimum Gasteiger partial charge on any atom is -0.472 e. The molecule has 1 amide bonds. The summed E-state index contributed by atoms with van der Waals surface area (Å²) in [6, 6.07) is 16.3. The van der Waals surface area contributed by atoms with Gasteiger partial charge in [0.1, 0.15) is 5.69 Å². The number of nitriles is 1. The van der Waals surface area contributed by atoms with Crippen LogP contribution in [0.2, 0.25) is 0 Å². The van der Waals surface area contributed by atoms with Gasteiger partial charge >= 0.3 is 0 Å². The Morgan fingerprint density at radius 2 is 2.07 bits per heavy atom. The molecular weight excluding hydrogens is 366 g/mol. The van der Waals surface area contributed by atoms with Gasteiger partial charge in [-0.2, -0.15) is 10.4 Å². The molecule has 2 N–H and O–H groups in total. The van der Waals surface area contributed by atoms with Gasteiger partial charge in [-0.25, -0.2) is 0 Å². The molecular formula is C22H13N5O2. The van der Waals surface area contributed by atoms with E-state index in [1.807, 2.05) is 18.2 Å². The van der Waals surface area contributed by atoms with E-state index in [0.717, 1.165) is 22.2 Å². The van der Waals surface area contributed by atoms with Gasteiger partial charge in [-0.05, 0) is 48.5 Å². The molecule has 0 fully saturated rings. The van der Waals surface area contributed by atoms with Gasteiger partial charge in [0.15, 0.2) is 0 Å². The quantitative estimate of drug-likeness (QED) is 0.480. The van der Waals surface area contributed by atoms with Crippen LogP contribution in [0.15, 0.2) is 71.7 Å². The van der Waals surface area contributed by atoms with Crippen LogP contribution < -0.4 is 5.32 Å². The normalized spacial score (nSPS) is 10.9. The number of carbonyl (C=O) groups excluding carboxylic acids is 1. The number of aromatic nitrogens is 3. The smallest absolute Gasteiger partial charge is 0.257 e. The second-order valence-corrected chi connectivity index (χ2v) is 6.47. The summed E-state index contributed by atoms with van der Waals surface area (Å²) >= 11 is 0. The number of carbonyl (C=O) groups is 1. The van der Waals surface area contributed by atoms with E-state index in [-0.39, 0.29) is 5.91 Å². The zero-order chi connectivity index (χ0) is 19.8. The van der Waals surface area contributed by atoms with Crippen LogP contribution >= 0.6 is 0 Å². The second-order valence-electron chi connectivity index (χ2n) is 6.47. The first-order valence-electron chi connectivity index (χ1n) is 8.84. The van der Waals surface area contributed by atoms with Gasteiger partial charge in [0.05, 0.1) is 40.8 Å². The number of aromatic amines is 1. The zero-order valence-corrected chi connectivity index (χ0v) is 15.0. The molecule has 0 radical (unpaired) electrons. The van der Waals surface area contributed by atoms with Crippen LogP contribution in [0.4, 0.5) is 5.69 Å². The Morgan fingerprint density at radius 3 is 2.90 bits per heavy atom. The van der Waals surface area contributed by atoms with E-state index in [0.29, 0.717) is 27.7 Å². The van der Waals surface area contributed by atoms with E-state index < -0.39 is 0 Å². The maximum atomic E-state index is 12.9. The molecule has 0 aliphatic carbocycles. The van der Waals surface area contributed by atoms with Crippen molar-refractivity contribution in [3.8, 4) is 17.3 Å². The average molecular weight is 379 g/mol. The lowest BCUT2D eigenvalue weighted by Crippen LogP contribution is -2.13. The van der Waals surface area contributed by atoms with Crippen molar-refractivity contribution in [2.75, 3.05) is 5.32 Å². The SMILES string of the molecule is N#Cc1ccc(C(=O)Nc2ccc3[nH]nc(-c4ccoc4)c3c2)c2ncccc12. The number of amides is 1. The summed E-state index contributed by atoms with van der Waals surface area (Å²) in [6.45, 7) is 0. The molecule has 5 aromatic rings. The Labute approximate surface area is 164 Å². The predicted molar refractivity (Wildman–Crippen MR) is 108 cm³/mol. The molecule has 7 heteroatoms. The number of furan rings is 1. The summed E-state index contributed by atoms with van der Waals surface area (Å²) in [5.74, 6) is -0.300. The molecule has 138 valence electrons. The van der Waals surface area contributed by atoms with Crippen molar-refractivity contribution >= 4 is 33.4 Å². The van der Waals surface area contributed by atoms with Crippen LogP contribution in [0.1, 0.15) is 15.9 Å². The lowest BCUT2D eigenvalue weighted by Gasteiger charge is -2.09. The van der Waals surface area contributed by atoms with Crippen molar-refractivity contribution < 1.29 is 9.21 Å². The van der Waals surface area contributed by atoms with Gasteiger partial charge in [-0.1, -0.05) is 0 Å². The number of benzene rings is 2. The van der Waals surface area contributed by atoms with E-state index in [1.165, 1.54) is 0 Å². The molecule has 3 heterocycles. The standard InChI is InChI=1S/C22H13N5O2/c23-11-13-3-5-17(21-16(13)2-1-8-24-21)22(28)25-15-4-6-19-18(10-15)20(27-26-19)14-7-9-29-12-14/h1-10,12H,(H,25,28)(H,26,27). The van der Waals surface area contributed by atoms with Crippen LogP contribution in [0.5, 0.6) is 0 Å². The van der Waals surface area contributed by atoms with E-state index >= 15 is 0 Å². The summed E-state index contributed by atoms with van der Waals surface area (Å²) in [6.07, 6.45) is 4.81. The Balaban J connectivity index is 1.53. The molecule has 0 bridgehead atoms. The number of nitrogens with zero attached hydrogens (tertiary/aromatic N) is 3. The van der Waals surface area contributed by atoms with E-state index in [2.05, 4.69) is 26.6 Å². The van der Waals surface area contributed by atoms with Crippen molar-refractivity contribution in [2.45, 2.75) is 0 Å². The monoisotopic (exact) mass is 379 g/mol. The van der Waals surface area contributed by atoms with Crippen LogP contribution in [0.3, 0.4) is 0 Å². The molecule has 0 aliphatic rings. The first-order valence-corrected chi connectivity index (χ1v) is 8.84. The van der Waals surface area contributed by atoms with Gasteiger partial charge in [0, 0.05) is 28.2 Å². The number of nitrogens with one attached hydrogen (secondary N) is 2. The van der Waals surface area contributed by atoms with E-state index in [4.69, 9.17) is 4.42 Å². The predicted octanol–water partition coefficient (Wildman–Crippen LogP) is 4.50. The highest BCUT2D eigenvalue weighted by atomic mass is 16.3. The van der Waals surface area contributed by atoms with Crippen molar-refractivity contribution in [1.29, 1.82) is 5.26 Å².